The minimum absolute atomic E-state index is 0.0614. The molecular weight excluding hydrogens is 260 g/mol. The first-order chi connectivity index (χ1) is 9.74. The molecule has 1 atom stereocenters. The lowest BCUT2D eigenvalue weighted by molar-refractivity contribution is -0.122. The number of hydrogen-bond donors (Lipinski definition) is 1. The topological polar surface area (TPSA) is 77.6 Å². The minimum atomic E-state index is -0.306. The molecule has 1 fully saturated rings. The van der Waals surface area contributed by atoms with E-state index in [1.807, 2.05) is 0 Å². The monoisotopic (exact) mass is 276 g/mol. The highest BCUT2D eigenvalue weighted by Crippen LogP contribution is 2.10. The smallest absolute Gasteiger partial charge is 0.350 e. The average Bonchev–Trinajstić information content (AvgIpc) is 3.07. The zero-order valence-electron chi connectivity index (χ0n) is 11.0. The van der Waals surface area contributed by atoms with Gasteiger partial charge in [0.25, 0.3) is 0 Å². The van der Waals surface area contributed by atoms with Crippen LogP contribution in [-0.4, -0.2) is 39.8 Å². The second kappa shape index (κ2) is 5.46. The Morgan fingerprint density at radius 2 is 2.40 bits per heavy atom. The summed E-state index contributed by atoms with van der Waals surface area (Å²) in [6.45, 7) is 1.97. The van der Waals surface area contributed by atoms with Crippen molar-refractivity contribution < 1.29 is 9.53 Å². The highest BCUT2D eigenvalue weighted by atomic mass is 16.5. The third-order valence-electron chi connectivity index (χ3n) is 3.39. The van der Waals surface area contributed by atoms with Crippen molar-refractivity contribution in [2.45, 2.75) is 13.0 Å². The molecule has 0 aliphatic carbocycles. The van der Waals surface area contributed by atoms with Crippen molar-refractivity contribution >= 4 is 11.6 Å². The Labute approximate surface area is 115 Å². The number of hydrogen-bond acceptors (Lipinski definition) is 4. The van der Waals surface area contributed by atoms with Crippen LogP contribution in [0.1, 0.15) is 6.42 Å². The van der Waals surface area contributed by atoms with Gasteiger partial charge in [0.05, 0.1) is 6.61 Å². The summed E-state index contributed by atoms with van der Waals surface area (Å²) in [4.78, 5) is 23.8. The van der Waals surface area contributed by atoms with Gasteiger partial charge >= 0.3 is 5.69 Å². The first kappa shape index (κ1) is 12.9. The maximum absolute atomic E-state index is 12.0. The zero-order chi connectivity index (χ0) is 13.9. The minimum Gasteiger partial charge on any atom is -0.381 e. The Morgan fingerprint density at radius 1 is 1.50 bits per heavy atom. The van der Waals surface area contributed by atoms with Crippen LogP contribution in [0.15, 0.2) is 29.2 Å². The van der Waals surface area contributed by atoms with Crippen molar-refractivity contribution in [1.29, 1.82) is 0 Å². The van der Waals surface area contributed by atoms with Crippen molar-refractivity contribution in [1.82, 2.24) is 19.5 Å². The molecule has 0 saturated carbocycles. The van der Waals surface area contributed by atoms with E-state index in [2.05, 4.69) is 10.4 Å². The van der Waals surface area contributed by atoms with Gasteiger partial charge in [0.2, 0.25) is 5.91 Å². The normalized spacial score (nSPS) is 18.5. The number of fused-ring (bicyclic) bond motifs is 1. The summed E-state index contributed by atoms with van der Waals surface area (Å²) in [6, 6.07) is 5.28. The van der Waals surface area contributed by atoms with Crippen LogP contribution < -0.4 is 11.0 Å². The van der Waals surface area contributed by atoms with Crippen LogP contribution in [0.3, 0.4) is 0 Å². The van der Waals surface area contributed by atoms with E-state index in [-0.39, 0.29) is 18.1 Å². The van der Waals surface area contributed by atoms with Gasteiger partial charge in [-0.1, -0.05) is 6.07 Å². The Balaban J connectivity index is 1.65. The molecule has 2 aromatic rings. The van der Waals surface area contributed by atoms with Crippen LogP contribution in [0.25, 0.3) is 5.65 Å². The molecule has 1 saturated heterocycles. The molecule has 3 rings (SSSR count). The molecule has 0 radical (unpaired) electrons. The predicted molar refractivity (Wildman–Crippen MR) is 71.4 cm³/mol. The number of carbonyl (C=O) groups is 1. The number of carbonyl (C=O) groups excluding carboxylic acids is 1. The maximum Gasteiger partial charge on any atom is 0.350 e. The van der Waals surface area contributed by atoms with Gasteiger partial charge in [-0.05, 0) is 18.6 Å². The van der Waals surface area contributed by atoms with E-state index in [1.165, 1.54) is 9.08 Å². The second-order valence-corrected chi connectivity index (χ2v) is 4.90. The van der Waals surface area contributed by atoms with E-state index in [9.17, 15) is 9.59 Å². The number of nitrogens with zero attached hydrogens (tertiary/aromatic N) is 3. The first-order valence-electron chi connectivity index (χ1n) is 6.62. The Kier molecular flexibility index (Phi) is 3.51. The summed E-state index contributed by atoms with van der Waals surface area (Å²) in [6.07, 6.45) is 2.60. The molecule has 0 bridgehead atoms. The van der Waals surface area contributed by atoms with Gasteiger partial charge in [0, 0.05) is 25.3 Å². The lowest BCUT2D eigenvalue weighted by atomic mass is 10.1. The molecule has 1 amide bonds. The number of ether oxygens (including phenoxy) is 1. The van der Waals surface area contributed by atoms with E-state index < -0.39 is 0 Å². The van der Waals surface area contributed by atoms with Crippen LogP contribution in [0.5, 0.6) is 0 Å². The van der Waals surface area contributed by atoms with Gasteiger partial charge in [-0.3, -0.25) is 9.20 Å². The molecular formula is C13H16N4O3. The molecule has 20 heavy (non-hydrogen) atoms. The Hall–Kier alpha value is -2.15. The molecule has 1 aliphatic rings. The largest absolute Gasteiger partial charge is 0.381 e. The van der Waals surface area contributed by atoms with E-state index in [4.69, 9.17) is 4.74 Å². The number of pyridine rings is 1. The molecule has 0 spiro atoms. The van der Waals surface area contributed by atoms with E-state index >= 15 is 0 Å². The van der Waals surface area contributed by atoms with Gasteiger partial charge in [0.1, 0.15) is 6.54 Å². The quantitative estimate of drug-likeness (QED) is 0.828. The maximum atomic E-state index is 12.0. The van der Waals surface area contributed by atoms with Crippen LogP contribution >= 0.6 is 0 Å². The number of aromatic nitrogens is 3. The standard InChI is InChI=1S/C13H16N4O3/c18-12(14-7-10-4-6-20-9-10)8-17-13(19)16-5-2-1-3-11(16)15-17/h1-3,5,10H,4,6-9H2,(H,14,18). The van der Waals surface area contributed by atoms with Crippen LogP contribution in [0.4, 0.5) is 0 Å². The molecule has 1 aliphatic heterocycles. The van der Waals surface area contributed by atoms with Crippen molar-refractivity contribution in [2.75, 3.05) is 19.8 Å². The van der Waals surface area contributed by atoms with Crippen molar-refractivity contribution in [3.8, 4) is 0 Å². The molecule has 1 unspecified atom stereocenters. The number of nitrogens with one attached hydrogen (secondary N) is 1. The first-order valence-corrected chi connectivity index (χ1v) is 6.62. The van der Waals surface area contributed by atoms with Gasteiger partial charge in [-0.15, -0.1) is 5.10 Å². The van der Waals surface area contributed by atoms with E-state index in [0.29, 0.717) is 24.7 Å². The van der Waals surface area contributed by atoms with Crippen molar-refractivity contribution in [3.05, 3.63) is 34.9 Å². The Morgan fingerprint density at radius 3 is 3.15 bits per heavy atom. The zero-order valence-corrected chi connectivity index (χ0v) is 11.0. The second-order valence-electron chi connectivity index (χ2n) is 4.90. The molecule has 3 heterocycles. The predicted octanol–water partition coefficient (Wildman–Crippen LogP) is -0.351. The summed E-state index contributed by atoms with van der Waals surface area (Å²) in [5.41, 5.74) is 0.231. The van der Waals surface area contributed by atoms with Crippen molar-refractivity contribution in [2.24, 2.45) is 5.92 Å². The Bertz CT molecular complexity index is 670. The highest BCUT2D eigenvalue weighted by Gasteiger charge is 2.17. The molecule has 2 aromatic heterocycles. The molecule has 7 heteroatoms. The fourth-order valence-electron chi connectivity index (χ4n) is 2.27. The van der Waals surface area contributed by atoms with E-state index in [0.717, 1.165) is 13.0 Å². The van der Waals surface area contributed by atoms with Gasteiger partial charge in [-0.25, -0.2) is 9.48 Å². The van der Waals surface area contributed by atoms with Crippen molar-refractivity contribution in [3.63, 3.8) is 0 Å². The fraction of sp³-hybridized carbons (Fsp3) is 0.462. The highest BCUT2D eigenvalue weighted by molar-refractivity contribution is 5.75. The number of rotatable bonds is 4. The molecule has 0 aromatic carbocycles. The summed E-state index contributed by atoms with van der Waals surface area (Å²) < 4.78 is 7.84. The summed E-state index contributed by atoms with van der Waals surface area (Å²) in [5.74, 6) is 0.166. The van der Waals surface area contributed by atoms with Gasteiger partial charge in [0.15, 0.2) is 5.65 Å². The summed E-state index contributed by atoms with van der Waals surface area (Å²) >= 11 is 0. The third kappa shape index (κ3) is 2.57. The molecule has 7 nitrogen and oxygen atoms in total. The summed E-state index contributed by atoms with van der Waals surface area (Å²) in [7, 11) is 0. The molecule has 1 N–H and O–H groups in total. The average molecular weight is 276 g/mol. The van der Waals surface area contributed by atoms with Crippen LogP contribution in [0, 0.1) is 5.92 Å². The SMILES string of the molecule is O=C(Cn1nc2ccccn2c1=O)NCC1CCOC1. The molecule has 106 valence electrons. The van der Waals surface area contributed by atoms with Crippen LogP contribution in [-0.2, 0) is 16.1 Å². The summed E-state index contributed by atoms with van der Waals surface area (Å²) in [5, 5.41) is 6.93. The lowest BCUT2D eigenvalue weighted by Gasteiger charge is -2.08. The third-order valence-corrected chi connectivity index (χ3v) is 3.39. The van der Waals surface area contributed by atoms with Gasteiger partial charge < -0.3 is 10.1 Å². The fourth-order valence-corrected chi connectivity index (χ4v) is 2.27. The number of amides is 1. The van der Waals surface area contributed by atoms with E-state index in [1.54, 1.807) is 24.4 Å². The van der Waals surface area contributed by atoms with Crippen LogP contribution in [0.2, 0.25) is 0 Å². The van der Waals surface area contributed by atoms with Gasteiger partial charge in [-0.2, -0.15) is 0 Å². The lowest BCUT2D eigenvalue weighted by Crippen LogP contribution is -2.35.